The molecule has 0 aliphatic heterocycles. The van der Waals surface area contributed by atoms with Gasteiger partial charge in [-0.3, -0.25) is 0 Å². The lowest BCUT2D eigenvalue weighted by Crippen LogP contribution is -2.15. The van der Waals surface area contributed by atoms with Gasteiger partial charge in [-0.25, -0.2) is 0 Å². The average molecular weight is 282 g/mol. The van der Waals surface area contributed by atoms with Gasteiger partial charge in [-0.2, -0.15) is 0 Å². The number of hydrogen-bond acceptors (Lipinski definition) is 1. The second-order valence-electron chi connectivity index (χ2n) is 6.02. The summed E-state index contributed by atoms with van der Waals surface area (Å²) in [5.41, 5.74) is 6.66. The van der Waals surface area contributed by atoms with Crippen LogP contribution >= 0.6 is 0 Å². The molecule has 0 heterocycles. The minimum atomic E-state index is 0.282. The molecule has 1 nitrogen and oxygen atoms in total. The van der Waals surface area contributed by atoms with E-state index >= 15 is 0 Å². The molecule has 112 valence electrons. The molecule has 1 unspecified atom stereocenters. The van der Waals surface area contributed by atoms with Crippen molar-refractivity contribution >= 4 is 5.57 Å². The van der Waals surface area contributed by atoms with Crippen LogP contribution in [0.15, 0.2) is 48.6 Å². The molecular formula is C20H26O. The first-order valence-electron chi connectivity index (χ1n) is 7.79. The lowest BCUT2D eigenvalue weighted by atomic mass is 10.00. The van der Waals surface area contributed by atoms with Gasteiger partial charge in [0.1, 0.15) is 0 Å². The Morgan fingerprint density at radius 1 is 1.29 bits per heavy atom. The van der Waals surface area contributed by atoms with Gasteiger partial charge in [0.15, 0.2) is 0 Å². The maximum Gasteiger partial charge on any atom is 0.0723 e. The number of benzene rings is 1. The maximum absolute atomic E-state index is 6.02. The summed E-state index contributed by atoms with van der Waals surface area (Å²) in [5.74, 6) is 0.544. The van der Waals surface area contributed by atoms with Crippen molar-refractivity contribution in [3.63, 3.8) is 0 Å². The summed E-state index contributed by atoms with van der Waals surface area (Å²) in [6.45, 7) is 13.2. The molecule has 1 heteroatoms. The standard InChI is InChI=1S/C20H26O/c1-6-9-18-16(7-2)12-20-17(10-8-11-19(18)20)13-21-15(5)14(3)4/h6-11,14-15H,2,12-13H2,1,3-5H3/b9-6-. The number of ether oxygens (including phenoxy) is 1. The average Bonchev–Trinajstić information content (AvgIpc) is 2.83. The largest absolute Gasteiger partial charge is 0.374 e. The van der Waals surface area contributed by atoms with E-state index in [1.807, 2.05) is 6.08 Å². The summed E-state index contributed by atoms with van der Waals surface area (Å²) in [6.07, 6.45) is 7.51. The van der Waals surface area contributed by atoms with Crippen LogP contribution < -0.4 is 0 Å². The Morgan fingerprint density at radius 2 is 2.05 bits per heavy atom. The van der Waals surface area contributed by atoms with Crippen molar-refractivity contribution in [2.45, 2.75) is 46.8 Å². The Labute approximate surface area is 129 Å². The van der Waals surface area contributed by atoms with E-state index in [1.165, 1.54) is 27.8 Å². The fraction of sp³-hybridized carbons (Fsp3) is 0.400. The molecule has 0 radical (unpaired) electrons. The molecule has 0 amide bonds. The molecule has 0 N–H and O–H groups in total. The van der Waals surface area contributed by atoms with Gasteiger partial charge in [-0.15, -0.1) is 0 Å². The van der Waals surface area contributed by atoms with Crippen LogP contribution in [0.4, 0.5) is 0 Å². The van der Waals surface area contributed by atoms with Gasteiger partial charge in [0.2, 0.25) is 0 Å². The summed E-state index contributed by atoms with van der Waals surface area (Å²) >= 11 is 0. The molecule has 1 aliphatic carbocycles. The molecule has 0 fully saturated rings. The molecule has 1 atom stereocenters. The number of fused-ring (bicyclic) bond motifs is 1. The van der Waals surface area contributed by atoms with Crippen molar-refractivity contribution in [3.05, 3.63) is 65.3 Å². The highest BCUT2D eigenvalue weighted by molar-refractivity contribution is 5.85. The highest BCUT2D eigenvalue weighted by Crippen LogP contribution is 2.36. The minimum Gasteiger partial charge on any atom is -0.374 e. The van der Waals surface area contributed by atoms with Gasteiger partial charge < -0.3 is 4.74 Å². The van der Waals surface area contributed by atoms with Crippen LogP contribution in [0.25, 0.3) is 5.57 Å². The van der Waals surface area contributed by atoms with E-state index in [0.29, 0.717) is 12.5 Å². The SMILES string of the molecule is C=CC1=C(/C=C\C)c2cccc(COC(C)C(C)C)c2C1. The van der Waals surface area contributed by atoms with Gasteiger partial charge in [-0.1, -0.05) is 56.9 Å². The maximum atomic E-state index is 6.02. The fourth-order valence-corrected chi connectivity index (χ4v) is 2.65. The van der Waals surface area contributed by atoms with Crippen molar-refractivity contribution in [2.24, 2.45) is 5.92 Å². The van der Waals surface area contributed by atoms with Crippen molar-refractivity contribution in [1.29, 1.82) is 0 Å². The minimum absolute atomic E-state index is 0.282. The molecule has 0 saturated heterocycles. The first kappa shape index (κ1) is 15.8. The van der Waals surface area contributed by atoms with Gasteiger partial charge in [0.05, 0.1) is 12.7 Å². The molecule has 2 rings (SSSR count). The van der Waals surface area contributed by atoms with E-state index < -0.39 is 0 Å². The van der Waals surface area contributed by atoms with E-state index in [4.69, 9.17) is 4.74 Å². The monoisotopic (exact) mass is 282 g/mol. The highest BCUT2D eigenvalue weighted by Gasteiger charge is 2.21. The van der Waals surface area contributed by atoms with Crippen LogP contribution in [-0.4, -0.2) is 6.10 Å². The Morgan fingerprint density at radius 3 is 2.67 bits per heavy atom. The third kappa shape index (κ3) is 3.36. The molecule has 21 heavy (non-hydrogen) atoms. The highest BCUT2D eigenvalue weighted by atomic mass is 16.5. The Kier molecular flexibility index (Phi) is 5.19. The summed E-state index contributed by atoms with van der Waals surface area (Å²) < 4.78 is 6.02. The molecule has 0 spiro atoms. The molecule has 0 aromatic heterocycles. The predicted octanol–water partition coefficient (Wildman–Crippen LogP) is 5.32. The second-order valence-corrected chi connectivity index (χ2v) is 6.02. The van der Waals surface area contributed by atoms with Crippen molar-refractivity contribution in [2.75, 3.05) is 0 Å². The number of rotatable bonds is 6. The quantitative estimate of drug-likeness (QED) is 0.686. The fourth-order valence-electron chi connectivity index (χ4n) is 2.65. The van der Waals surface area contributed by atoms with E-state index in [2.05, 4.69) is 64.6 Å². The van der Waals surface area contributed by atoms with E-state index in [-0.39, 0.29) is 6.10 Å². The molecule has 1 aromatic rings. The van der Waals surface area contributed by atoms with Gasteiger partial charge in [-0.05, 0) is 54.0 Å². The van der Waals surface area contributed by atoms with Crippen molar-refractivity contribution < 1.29 is 4.74 Å². The van der Waals surface area contributed by atoms with E-state index in [1.54, 1.807) is 0 Å². The zero-order valence-corrected chi connectivity index (χ0v) is 13.6. The molecule has 0 bridgehead atoms. The van der Waals surface area contributed by atoms with E-state index in [9.17, 15) is 0 Å². The summed E-state index contributed by atoms with van der Waals surface area (Å²) in [4.78, 5) is 0. The summed E-state index contributed by atoms with van der Waals surface area (Å²) in [7, 11) is 0. The van der Waals surface area contributed by atoms with Gasteiger partial charge in [0.25, 0.3) is 0 Å². The molecule has 0 saturated carbocycles. The third-order valence-corrected chi connectivity index (χ3v) is 4.30. The summed E-state index contributed by atoms with van der Waals surface area (Å²) in [6, 6.07) is 6.52. The smallest absolute Gasteiger partial charge is 0.0723 e. The topological polar surface area (TPSA) is 9.23 Å². The van der Waals surface area contributed by atoms with Crippen molar-refractivity contribution in [3.8, 4) is 0 Å². The lowest BCUT2D eigenvalue weighted by Gasteiger charge is -2.18. The first-order valence-corrected chi connectivity index (χ1v) is 7.79. The Hall–Kier alpha value is -1.60. The zero-order chi connectivity index (χ0) is 15.4. The number of hydrogen-bond donors (Lipinski definition) is 0. The van der Waals surface area contributed by atoms with Gasteiger partial charge in [0, 0.05) is 0 Å². The predicted molar refractivity (Wildman–Crippen MR) is 91.2 cm³/mol. The normalized spacial score (nSPS) is 15.9. The van der Waals surface area contributed by atoms with Crippen LogP contribution in [-0.2, 0) is 17.8 Å². The number of allylic oxidation sites excluding steroid dienone is 5. The Balaban J connectivity index is 2.26. The van der Waals surface area contributed by atoms with Crippen LogP contribution in [0.5, 0.6) is 0 Å². The van der Waals surface area contributed by atoms with Crippen LogP contribution in [0.1, 0.15) is 44.4 Å². The van der Waals surface area contributed by atoms with Crippen molar-refractivity contribution in [1.82, 2.24) is 0 Å². The molecule has 1 aliphatic rings. The zero-order valence-electron chi connectivity index (χ0n) is 13.6. The van der Waals surface area contributed by atoms with Crippen LogP contribution in [0.3, 0.4) is 0 Å². The van der Waals surface area contributed by atoms with E-state index in [0.717, 1.165) is 6.42 Å². The first-order chi connectivity index (χ1) is 10.1. The lowest BCUT2D eigenvalue weighted by molar-refractivity contribution is 0.0232. The third-order valence-electron chi connectivity index (χ3n) is 4.30. The summed E-state index contributed by atoms with van der Waals surface area (Å²) in [5, 5.41) is 0. The van der Waals surface area contributed by atoms with Gasteiger partial charge >= 0.3 is 0 Å². The van der Waals surface area contributed by atoms with Crippen LogP contribution in [0.2, 0.25) is 0 Å². The Bertz CT molecular complexity index is 576. The molecular weight excluding hydrogens is 256 g/mol. The van der Waals surface area contributed by atoms with Crippen LogP contribution in [0, 0.1) is 5.92 Å². The second kappa shape index (κ2) is 6.91. The molecule has 1 aromatic carbocycles.